The summed E-state index contributed by atoms with van der Waals surface area (Å²) < 4.78 is 5.96. The van der Waals surface area contributed by atoms with Gasteiger partial charge in [-0.2, -0.15) is 0 Å². The van der Waals surface area contributed by atoms with Gasteiger partial charge in [0, 0.05) is 36.7 Å². The smallest absolute Gasteiger partial charge is 0.253 e. The van der Waals surface area contributed by atoms with E-state index in [-0.39, 0.29) is 11.9 Å². The number of aryl methyl sites for hydroxylation is 1. The van der Waals surface area contributed by atoms with Crippen LogP contribution < -0.4 is 10.1 Å². The van der Waals surface area contributed by atoms with Gasteiger partial charge in [-0.15, -0.1) is 0 Å². The van der Waals surface area contributed by atoms with Gasteiger partial charge in [0.2, 0.25) is 0 Å². The largest absolute Gasteiger partial charge is 0.491 e. The molecule has 0 aliphatic heterocycles. The SMILES string of the molecule is CCCN(CCC)C(=O)c1cc(C)cc(OC[C@H](C)Nc2ccncc2)c1. The molecule has 146 valence electrons. The number of amides is 1. The summed E-state index contributed by atoms with van der Waals surface area (Å²) in [5, 5.41) is 3.38. The van der Waals surface area contributed by atoms with Crippen molar-refractivity contribution < 1.29 is 9.53 Å². The number of anilines is 1. The van der Waals surface area contributed by atoms with E-state index in [2.05, 4.69) is 31.1 Å². The van der Waals surface area contributed by atoms with Crippen molar-refractivity contribution in [1.82, 2.24) is 9.88 Å². The highest BCUT2D eigenvalue weighted by molar-refractivity contribution is 5.94. The maximum Gasteiger partial charge on any atom is 0.253 e. The van der Waals surface area contributed by atoms with Crippen LogP contribution >= 0.6 is 0 Å². The Hall–Kier alpha value is -2.56. The highest BCUT2D eigenvalue weighted by Gasteiger charge is 2.16. The molecule has 27 heavy (non-hydrogen) atoms. The van der Waals surface area contributed by atoms with Crippen molar-refractivity contribution in [3.05, 3.63) is 53.9 Å². The van der Waals surface area contributed by atoms with Crippen LogP contribution in [0.1, 0.15) is 49.5 Å². The molecule has 1 atom stereocenters. The number of carbonyl (C=O) groups is 1. The van der Waals surface area contributed by atoms with Crippen LogP contribution in [-0.2, 0) is 0 Å². The number of rotatable bonds is 10. The zero-order valence-corrected chi connectivity index (χ0v) is 16.9. The van der Waals surface area contributed by atoms with Gasteiger partial charge in [-0.05, 0) is 62.6 Å². The third-order valence-corrected chi connectivity index (χ3v) is 4.17. The molecule has 2 aromatic rings. The number of carbonyl (C=O) groups excluding carboxylic acids is 1. The van der Waals surface area contributed by atoms with Gasteiger partial charge in [-0.3, -0.25) is 9.78 Å². The maximum atomic E-state index is 12.9. The molecule has 0 saturated heterocycles. The molecule has 0 radical (unpaired) electrons. The Bertz CT molecular complexity index is 713. The molecule has 0 saturated carbocycles. The summed E-state index contributed by atoms with van der Waals surface area (Å²) in [6.45, 7) is 10.3. The molecule has 0 aliphatic carbocycles. The molecule has 0 unspecified atom stereocenters. The van der Waals surface area contributed by atoms with E-state index in [1.165, 1.54) is 0 Å². The van der Waals surface area contributed by atoms with Crippen LogP contribution in [0.15, 0.2) is 42.7 Å². The standard InChI is InChI=1S/C22H31N3O2/c1-5-11-25(12-6-2)22(26)19-13-17(3)14-21(15-19)27-16-18(4)24-20-7-9-23-10-8-20/h7-10,13-15,18H,5-6,11-12,16H2,1-4H3,(H,23,24)/t18-/m0/s1. The number of pyridine rings is 1. The van der Waals surface area contributed by atoms with E-state index in [1.807, 2.05) is 42.2 Å². The van der Waals surface area contributed by atoms with E-state index < -0.39 is 0 Å². The first-order valence-electron chi connectivity index (χ1n) is 9.73. The van der Waals surface area contributed by atoms with Crippen LogP contribution in [-0.4, -0.2) is 41.5 Å². The van der Waals surface area contributed by atoms with E-state index in [0.29, 0.717) is 12.2 Å². The fraction of sp³-hybridized carbons (Fsp3) is 0.455. The summed E-state index contributed by atoms with van der Waals surface area (Å²) in [4.78, 5) is 18.8. The lowest BCUT2D eigenvalue weighted by Gasteiger charge is -2.22. The van der Waals surface area contributed by atoms with Crippen LogP contribution in [0, 0.1) is 6.92 Å². The summed E-state index contributed by atoms with van der Waals surface area (Å²) in [5.41, 5.74) is 2.73. The van der Waals surface area contributed by atoms with E-state index in [1.54, 1.807) is 12.4 Å². The highest BCUT2D eigenvalue weighted by Crippen LogP contribution is 2.19. The van der Waals surface area contributed by atoms with Crippen molar-refractivity contribution in [3.8, 4) is 5.75 Å². The first-order valence-corrected chi connectivity index (χ1v) is 9.73. The van der Waals surface area contributed by atoms with E-state index in [4.69, 9.17) is 4.74 Å². The fourth-order valence-corrected chi connectivity index (χ4v) is 2.99. The Kier molecular flexibility index (Phi) is 8.11. The molecule has 1 N–H and O–H groups in total. The predicted octanol–water partition coefficient (Wildman–Crippen LogP) is 4.53. The molecular weight excluding hydrogens is 338 g/mol. The van der Waals surface area contributed by atoms with Crippen LogP contribution in [0.2, 0.25) is 0 Å². The monoisotopic (exact) mass is 369 g/mol. The van der Waals surface area contributed by atoms with Crippen molar-refractivity contribution in [3.63, 3.8) is 0 Å². The minimum absolute atomic E-state index is 0.0789. The van der Waals surface area contributed by atoms with Gasteiger partial charge in [0.25, 0.3) is 5.91 Å². The Morgan fingerprint density at radius 3 is 2.44 bits per heavy atom. The number of hydrogen-bond acceptors (Lipinski definition) is 4. The number of benzene rings is 1. The predicted molar refractivity (Wildman–Crippen MR) is 110 cm³/mol. The third-order valence-electron chi connectivity index (χ3n) is 4.17. The summed E-state index contributed by atoms with van der Waals surface area (Å²) in [6, 6.07) is 9.74. The Morgan fingerprint density at radius 1 is 1.15 bits per heavy atom. The average Bonchev–Trinajstić information content (AvgIpc) is 2.66. The van der Waals surface area contributed by atoms with Gasteiger partial charge in [0.05, 0.1) is 6.04 Å². The highest BCUT2D eigenvalue weighted by atomic mass is 16.5. The average molecular weight is 370 g/mol. The van der Waals surface area contributed by atoms with Crippen molar-refractivity contribution in [2.75, 3.05) is 25.0 Å². The van der Waals surface area contributed by atoms with Gasteiger partial charge in [0.1, 0.15) is 12.4 Å². The number of ether oxygens (including phenoxy) is 1. The summed E-state index contributed by atoms with van der Waals surface area (Å²) >= 11 is 0. The summed E-state index contributed by atoms with van der Waals surface area (Å²) in [5.74, 6) is 0.810. The van der Waals surface area contributed by atoms with Crippen molar-refractivity contribution in [1.29, 1.82) is 0 Å². The number of aromatic nitrogens is 1. The maximum absolute atomic E-state index is 12.9. The van der Waals surface area contributed by atoms with Crippen LogP contribution in [0.5, 0.6) is 5.75 Å². The molecule has 2 rings (SSSR count). The van der Waals surface area contributed by atoms with Gasteiger partial charge in [0.15, 0.2) is 0 Å². The second kappa shape index (κ2) is 10.6. The van der Waals surface area contributed by atoms with Crippen molar-refractivity contribution in [2.45, 2.75) is 46.6 Å². The molecule has 1 amide bonds. The summed E-state index contributed by atoms with van der Waals surface area (Å²) in [7, 11) is 0. The molecule has 0 fully saturated rings. The van der Waals surface area contributed by atoms with E-state index in [9.17, 15) is 4.79 Å². The topological polar surface area (TPSA) is 54.5 Å². The molecule has 1 aromatic heterocycles. The Balaban J connectivity index is 2.02. The quantitative estimate of drug-likeness (QED) is 0.668. The lowest BCUT2D eigenvalue weighted by atomic mass is 10.1. The minimum atomic E-state index is 0.0789. The van der Waals surface area contributed by atoms with E-state index >= 15 is 0 Å². The zero-order valence-electron chi connectivity index (χ0n) is 16.9. The molecule has 0 bridgehead atoms. The molecule has 1 heterocycles. The molecule has 0 spiro atoms. The molecule has 5 heteroatoms. The van der Waals surface area contributed by atoms with Gasteiger partial charge < -0.3 is 15.0 Å². The molecule has 0 aliphatic rings. The molecule has 5 nitrogen and oxygen atoms in total. The number of nitrogens with zero attached hydrogens (tertiary/aromatic N) is 2. The zero-order chi connectivity index (χ0) is 19.6. The number of nitrogens with one attached hydrogen (secondary N) is 1. The van der Waals surface area contributed by atoms with Crippen molar-refractivity contribution >= 4 is 11.6 Å². The Labute approximate surface area is 162 Å². The lowest BCUT2D eigenvalue weighted by molar-refractivity contribution is 0.0755. The second-order valence-corrected chi connectivity index (χ2v) is 6.92. The first kappa shape index (κ1) is 20.7. The lowest BCUT2D eigenvalue weighted by Crippen LogP contribution is -2.32. The third kappa shape index (κ3) is 6.59. The summed E-state index contributed by atoms with van der Waals surface area (Å²) in [6.07, 6.45) is 5.43. The van der Waals surface area contributed by atoms with Gasteiger partial charge in [-0.25, -0.2) is 0 Å². The first-order chi connectivity index (χ1) is 13.0. The van der Waals surface area contributed by atoms with Gasteiger partial charge >= 0.3 is 0 Å². The molecular formula is C22H31N3O2. The normalized spacial score (nSPS) is 11.7. The molecule has 1 aromatic carbocycles. The van der Waals surface area contributed by atoms with Crippen LogP contribution in [0.3, 0.4) is 0 Å². The minimum Gasteiger partial charge on any atom is -0.491 e. The number of hydrogen-bond donors (Lipinski definition) is 1. The van der Waals surface area contributed by atoms with Gasteiger partial charge in [-0.1, -0.05) is 13.8 Å². The fourth-order valence-electron chi connectivity index (χ4n) is 2.99. The van der Waals surface area contributed by atoms with E-state index in [0.717, 1.165) is 42.9 Å². The van der Waals surface area contributed by atoms with Crippen LogP contribution in [0.4, 0.5) is 5.69 Å². The van der Waals surface area contributed by atoms with Crippen molar-refractivity contribution in [2.24, 2.45) is 0 Å². The Morgan fingerprint density at radius 2 is 1.81 bits per heavy atom. The second-order valence-electron chi connectivity index (χ2n) is 6.92. The van der Waals surface area contributed by atoms with Crippen LogP contribution in [0.25, 0.3) is 0 Å².